The number of hydrogen-bond acceptors (Lipinski definition) is 2. The van der Waals surface area contributed by atoms with Gasteiger partial charge in [-0.3, -0.25) is 9.59 Å². The van der Waals surface area contributed by atoms with Gasteiger partial charge in [-0.05, 0) is 54.9 Å². The topological polar surface area (TPSA) is 49.4 Å². The van der Waals surface area contributed by atoms with Crippen molar-refractivity contribution in [3.05, 3.63) is 107 Å². The summed E-state index contributed by atoms with van der Waals surface area (Å²) in [5, 5.41) is 3.05. The molecule has 0 radical (unpaired) electrons. The first-order chi connectivity index (χ1) is 17.5. The van der Waals surface area contributed by atoms with E-state index < -0.39 is 6.04 Å². The average Bonchev–Trinajstić information content (AvgIpc) is 2.85. The minimum Gasteiger partial charge on any atom is -0.352 e. The molecule has 4 heteroatoms. The van der Waals surface area contributed by atoms with Gasteiger partial charge in [0.25, 0.3) is 0 Å². The van der Waals surface area contributed by atoms with Crippen LogP contribution >= 0.6 is 0 Å². The lowest BCUT2D eigenvalue weighted by molar-refractivity contribution is -0.141. The zero-order valence-corrected chi connectivity index (χ0v) is 23.3. The Morgan fingerprint density at radius 1 is 0.811 bits per heavy atom. The number of carbonyl (C=O) groups is 2. The van der Waals surface area contributed by atoms with Crippen molar-refractivity contribution in [3.63, 3.8) is 0 Å². The Morgan fingerprint density at radius 2 is 1.41 bits per heavy atom. The van der Waals surface area contributed by atoms with E-state index in [1.165, 1.54) is 11.1 Å². The Bertz CT molecular complexity index is 1140. The Balaban J connectivity index is 1.87. The van der Waals surface area contributed by atoms with Crippen LogP contribution in [0.15, 0.2) is 78.9 Å². The fraction of sp³-hybridized carbons (Fsp3) is 0.394. The monoisotopic (exact) mass is 498 g/mol. The third-order valence-electron chi connectivity index (χ3n) is 6.62. The van der Waals surface area contributed by atoms with Crippen LogP contribution in [-0.4, -0.2) is 28.8 Å². The zero-order chi connectivity index (χ0) is 27.0. The summed E-state index contributed by atoms with van der Waals surface area (Å²) in [7, 11) is 0. The van der Waals surface area contributed by atoms with Crippen molar-refractivity contribution in [2.45, 2.75) is 84.8 Å². The van der Waals surface area contributed by atoms with Gasteiger partial charge >= 0.3 is 0 Å². The van der Waals surface area contributed by atoms with Crippen LogP contribution in [0.1, 0.15) is 68.9 Å². The highest BCUT2D eigenvalue weighted by Gasteiger charge is 2.30. The molecule has 0 aliphatic rings. The maximum atomic E-state index is 13.8. The van der Waals surface area contributed by atoms with Crippen LogP contribution in [0, 0.1) is 6.92 Å². The van der Waals surface area contributed by atoms with E-state index in [1.807, 2.05) is 63.2 Å². The van der Waals surface area contributed by atoms with Gasteiger partial charge in [0.05, 0.1) is 0 Å². The average molecular weight is 499 g/mol. The summed E-state index contributed by atoms with van der Waals surface area (Å²) in [6, 6.07) is 26.1. The Morgan fingerprint density at radius 3 is 1.97 bits per heavy atom. The van der Waals surface area contributed by atoms with Crippen molar-refractivity contribution in [1.82, 2.24) is 10.2 Å². The van der Waals surface area contributed by atoms with Crippen LogP contribution < -0.4 is 5.32 Å². The highest BCUT2D eigenvalue weighted by molar-refractivity contribution is 5.88. The van der Waals surface area contributed by atoms with Crippen molar-refractivity contribution >= 4 is 11.8 Å². The van der Waals surface area contributed by atoms with Gasteiger partial charge in [-0.15, -0.1) is 0 Å². The van der Waals surface area contributed by atoms with E-state index in [0.29, 0.717) is 25.8 Å². The van der Waals surface area contributed by atoms with Crippen LogP contribution in [0.2, 0.25) is 0 Å². The van der Waals surface area contributed by atoms with Crippen LogP contribution in [0.4, 0.5) is 0 Å². The molecule has 4 nitrogen and oxygen atoms in total. The van der Waals surface area contributed by atoms with Gasteiger partial charge < -0.3 is 10.2 Å². The lowest BCUT2D eigenvalue weighted by Gasteiger charge is -2.32. The number of carbonyl (C=O) groups excluding carboxylic acids is 2. The summed E-state index contributed by atoms with van der Waals surface area (Å²) in [6.45, 7) is 12.9. The van der Waals surface area contributed by atoms with E-state index in [1.54, 1.807) is 4.90 Å². The lowest BCUT2D eigenvalue weighted by Crippen LogP contribution is -2.51. The van der Waals surface area contributed by atoms with Gasteiger partial charge in [-0.25, -0.2) is 0 Å². The Hall–Kier alpha value is -3.40. The molecule has 37 heavy (non-hydrogen) atoms. The number of nitrogens with one attached hydrogen (secondary N) is 1. The van der Waals surface area contributed by atoms with E-state index in [9.17, 15) is 9.59 Å². The second-order valence-electron chi connectivity index (χ2n) is 11.3. The molecule has 0 bridgehead atoms. The third kappa shape index (κ3) is 8.59. The molecule has 0 unspecified atom stereocenters. The summed E-state index contributed by atoms with van der Waals surface area (Å²) in [5.41, 5.74) is 5.71. The summed E-state index contributed by atoms with van der Waals surface area (Å²) < 4.78 is 0. The number of nitrogens with zero attached hydrogens (tertiary/aromatic N) is 1. The highest BCUT2D eigenvalue weighted by Crippen LogP contribution is 2.23. The van der Waals surface area contributed by atoms with Crippen molar-refractivity contribution in [2.75, 3.05) is 0 Å². The van der Waals surface area contributed by atoms with Crippen LogP contribution in [-0.2, 0) is 34.4 Å². The summed E-state index contributed by atoms with van der Waals surface area (Å²) in [6.07, 6.45) is 1.45. The molecule has 1 atom stereocenters. The highest BCUT2D eigenvalue weighted by atomic mass is 16.2. The molecular formula is C33H42N2O2. The molecule has 0 aliphatic heterocycles. The van der Waals surface area contributed by atoms with E-state index >= 15 is 0 Å². The molecule has 0 saturated carbocycles. The van der Waals surface area contributed by atoms with Crippen molar-refractivity contribution in [2.24, 2.45) is 0 Å². The van der Waals surface area contributed by atoms with E-state index in [4.69, 9.17) is 0 Å². The zero-order valence-electron chi connectivity index (χ0n) is 23.3. The molecule has 0 spiro atoms. The first kappa shape index (κ1) is 28.2. The number of hydrogen-bond donors (Lipinski definition) is 1. The first-order valence-electron chi connectivity index (χ1n) is 13.3. The molecule has 3 aromatic carbocycles. The molecule has 3 aromatic rings. The minimum atomic E-state index is -0.595. The Kier molecular flexibility index (Phi) is 9.68. The molecule has 1 N–H and O–H groups in total. The second kappa shape index (κ2) is 12.7. The van der Waals surface area contributed by atoms with Gasteiger partial charge in [0.2, 0.25) is 11.8 Å². The lowest BCUT2D eigenvalue weighted by atomic mass is 9.86. The Labute approximate surface area is 223 Å². The van der Waals surface area contributed by atoms with Crippen LogP contribution in [0.25, 0.3) is 0 Å². The molecular weight excluding hydrogens is 456 g/mol. The van der Waals surface area contributed by atoms with Gasteiger partial charge in [-0.2, -0.15) is 0 Å². The molecule has 196 valence electrons. The van der Waals surface area contributed by atoms with Crippen molar-refractivity contribution in [3.8, 4) is 0 Å². The normalized spacial score (nSPS) is 12.3. The second-order valence-corrected chi connectivity index (χ2v) is 11.3. The van der Waals surface area contributed by atoms with E-state index in [2.05, 4.69) is 62.5 Å². The third-order valence-corrected chi connectivity index (χ3v) is 6.62. The number of rotatable bonds is 10. The fourth-order valence-electron chi connectivity index (χ4n) is 4.39. The molecule has 0 aliphatic carbocycles. The molecule has 2 amide bonds. The standard InChI is InChI=1S/C33H42N2O2/c1-24(2)34-32(37)30(22-27-10-8-7-9-11-27)35(23-28-14-12-25(3)13-15-28)31(36)21-18-26-16-19-29(20-17-26)33(4,5)6/h7-17,19-20,24,30H,18,21-23H2,1-6H3,(H,34,37)/t30-/m1/s1. The molecule has 0 aromatic heterocycles. The summed E-state index contributed by atoms with van der Waals surface area (Å²) in [4.78, 5) is 29.0. The number of benzene rings is 3. The largest absolute Gasteiger partial charge is 0.352 e. The number of aryl methyl sites for hydroxylation is 2. The molecule has 0 saturated heterocycles. The quantitative estimate of drug-likeness (QED) is 0.352. The van der Waals surface area contributed by atoms with Gasteiger partial charge in [-0.1, -0.05) is 105 Å². The van der Waals surface area contributed by atoms with Gasteiger partial charge in [0, 0.05) is 25.4 Å². The van der Waals surface area contributed by atoms with Crippen LogP contribution in [0.5, 0.6) is 0 Å². The first-order valence-corrected chi connectivity index (χ1v) is 13.3. The van der Waals surface area contributed by atoms with Gasteiger partial charge in [0.1, 0.15) is 6.04 Å². The molecule has 0 fully saturated rings. The van der Waals surface area contributed by atoms with Crippen molar-refractivity contribution < 1.29 is 9.59 Å². The fourth-order valence-corrected chi connectivity index (χ4v) is 4.39. The maximum absolute atomic E-state index is 13.8. The smallest absolute Gasteiger partial charge is 0.243 e. The molecule has 0 heterocycles. The predicted octanol–water partition coefficient (Wildman–Crippen LogP) is 6.39. The summed E-state index contributed by atoms with van der Waals surface area (Å²) >= 11 is 0. The van der Waals surface area contributed by atoms with Crippen LogP contribution in [0.3, 0.4) is 0 Å². The van der Waals surface area contributed by atoms with E-state index in [0.717, 1.165) is 16.7 Å². The van der Waals surface area contributed by atoms with E-state index in [-0.39, 0.29) is 23.3 Å². The predicted molar refractivity (Wildman–Crippen MR) is 152 cm³/mol. The summed E-state index contributed by atoms with van der Waals surface area (Å²) in [5.74, 6) is -0.130. The van der Waals surface area contributed by atoms with Gasteiger partial charge in [0.15, 0.2) is 0 Å². The van der Waals surface area contributed by atoms with Crippen molar-refractivity contribution in [1.29, 1.82) is 0 Å². The molecule has 3 rings (SSSR count). The number of amides is 2. The SMILES string of the molecule is Cc1ccc(CN(C(=O)CCc2ccc(C(C)(C)C)cc2)[C@H](Cc2ccccc2)C(=O)NC(C)C)cc1. The minimum absolute atomic E-state index is 0.0107. The maximum Gasteiger partial charge on any atom is 0.243 e.